The van der Waals surface area contributed by atoms with Crippen LogP contribution >= 0.6 is 0 Å². The van der Waals surface area contributed by atoms with Crippen molar-refractivity contribution in [2.45, 2.75) is 0 Å². The molecule has 2 aromatic carbocycles. The molecule has 3 nitrogen and oxygen atoms in total. The Morgan fingerprint density at radius 1 is 0.952 bits per heavy atom. The second-order valence-corrected chi connectivity index (χ2v) is 4.30. The SMILES string of the molecule is C=CC(=O)Oc1ccccc1C(=O)C(=C)c1ccccc1. The van der Waals surface area contributed by atoms with Crippen molar-refractivity contribution in [3.63, 3.8) is 0 Å². The summed E-state index contributed by atoms with van der Waals surface area (Å²) in [4.78, 5) is 23.8. The number of rotatable bonds is 5. The van der Waals surface area contributed by atoms with Gasteiger partial charge < -0.3 is 4.74 Å². The first kappa shape index (κ1) is 14.5. The smallest absolute Gasteiger partial charge is 0.335 e. The number of hydrogen-bond donors (Lipinski definition) is 0. The number of benzene rings is 2. The quantitative estimate of drug-likeness (QED) is 0.363. The highest BCUT2D eigenvalue weighted by atomic mass is 16.5. The Hall–Kier alpha value is -2.94. The van der Waals surface area contributed by atoms with Gasteiger partial charge in [0.2, 0.25) is 0 Å². The second kappa shape index (κ2) is 6.48. The number of allylic oxidation sites excluding steroid dienone is 1. The van der Waals surface area contributed by atoms with E-state index in [0.29, 0.717) is 11.1 Å². The van der Waals surface area contributed by atoms with Crippen LogP contribution in [0.3, 0.4) is 0 Å². The molecular formula is C18H14O3. The molecule has 104 valence electrons. The largest absolute Gasteiger partial charge is 0.423 e. The number of hydrogen-bond acceptors (Lipinski definition) is 3. The van der Waals surface area contributed by atoms with Crippen molar-refractivity contribution < 1.29 is 14.3 Å². The Labute approximate surface area is 123 Å². The van der Waals surface area contributed by atoms with Crippen LogP contribution in [0.5, 0.6) is 5.75 Å². The van der Waals surface area contributed by atoms with Gasteiger partial charge in [-0.25, -0.2) is 4.79 Å². The molecule has 0 radical (unpaired) electrons. The number of Topliss-reactive ketones (excluding diaryl/α,β-unsaturated/α-hetero) is 1. The van der Waals surface area contributed by atoms with E-state index >= 15 is 0 Å². The third kappa shape index (κ3) is 3.34. The van der Waals surface area contributed by atoms with Crippen LogP contribution in [0.1, 0.15) is 15.9 Å². The van der Waals surface area contributed by atoms with Gasteiger partial charge in [-0.15, -0.1) is 0 Å². The number of ether oxygens (including phenoxy) is 1. The van der Waals surface area contributed by atoms with E-state index in [9.17, 15) is 9.59 Å². The van der Waals surface area contributed by atoms with Crippen molar-refractivity contribution in [1.29, 1.82) is 0 Å². The fraction of sp³-hybridized carbons (Fsp3) is 0. The van der Waals surface area contributed by atoms with Crippen molar-refractivity contribution >= 4 is 17.3 Å². The van der Waals surface area contributed by atoms with E-state index in [2.05, 4.69) is 13.2 Å². The van der Waals surface area contributed by atoms with Crippen LogP contribution in [0, 0.1) is 0 Å². The first-order valence-corrected chi connectivity index (χ1v) is 6.36. The number of para-hydroxylation sites is 1. The van der Waals surface area contributed by atoms with Crippen molar-refractivity contribution in [2.75, 3.05) is 0 Å². The summed E-state index contributed by atoms with van der Waals surface area (Å²) in [6, 6.07) is 15.7. The Bertz CT molecular complexity index is 699. The fourth-order valence-electron chi connectivity index (χ4n) is 1.83. The molecule has 0 spiro atoms. The molecule has 0 aliphatic heterocycles. The molecule has 0 heterocycles. The molecule has 0 N–H and O–H groups in total. The van der Waals surface area contributed by atoms with Gasteiger partial charge in [0.15, 0.2) is 5.78 Å². The Morgan fingerprint density at radius 3 is 2.24 bits per heavy atom. The Morgan fingerprint density at radius 2 is 1.57 bits per heavy atom. The van der Waals surface area contributed by atoms with Gasteiger partial charge in [-0.05, 0) is 17.7 Å². The van der Waals surface area contributed by atoms with Gasteiger partial charge in [0.25, 0.3) is 0 Å². The van der Waals surface area contributed by atoms with Gasteiger partial charge in [-0.2, -0.15) is 0 Å². The summed E-state index contributed by atoms with van der Waals surface area (Å²) in [5, 5.41) is 0. The lowest BCUT2D eigenvalue weighted by atomic mass is 9.98. The lowest BCUT2D eigenvalue weighted by molar-refractivity contribution is -0.128. The minimum absolute atomic E-state index is 0.199. The topological polar surface area (TPSA) is 43.4 Å². The minimum Gasteiger partial charge on any atom is -0.423 e. The summed E-state index contributed by atoms with van der Waals surface area (Å²) in [6.45, 7) is 7.17. The molecular weight excluding hydrogens is 264 g/mol. The minimum atomic E-state index is -0.611. The van der Waals surface area contributed by atoms with E-state index in [1.54, 1.807) is 36.4 Å². The zero-order valence-electron chi connectivity index (χ0n) is 11.4. The maximum atomic E-state index is 12.5. The zero-order valence-corrected chi connectivity index (χ0v) is 11.4. The van der Waals surface area contributed by atoms with E-state index in [4.69, 9.17) is 4.74 Å². The molecule has 0 bridgehead atoms. The highest BCUT2D eigenvalue weighted by Gasteiger charge is 2.17. The van der Waals surface area contributed by atoms with Gasteiger partial charge in [-0.3, -0.25) is 4.79 Å². The third-order valence-corrected chi connectivity index (χ3v) is 2.91. The summed E-state index contributed by atoms with van der Waals surface area (Å²) in [5.74, 6) is -0.696. The van der Waals surface area contributed by atoms with Gasteiger partial charge >= 0.3 is 5.97 Å². The first-order valence-electron chi connectivity index (χ1n) is 6.36. The van der Waals surface area contributed by atoms with Crippen molar-refractivity contribution in [2.24, 2.45) is 0 Å². The molecule has 0 amide bonds. The maximum absolute atomic E-state index is 12.5. The third-order valence-electron chi connectivity index (χ3n) is 2.91. The molecule has 0 fully saturated rings. The van der Waals surface area contributed by atoms with Crippen LogP contribution in [0.4, 0.5) is 0 Å². The molecule has 0 saturated heterocycles. The summed E-state index contributed by atoms with van der Waals surface area (Å²) in [7, 11) is 0. The van der Waals surface area contributed by atoms with Crippen LogP contribution in [-0.2, 0) is 4.79 Å². The monoisotopic (exact) mass is 278 g/mol. The lowest BCUT2D eigenvalue weighted by Crippen LogP contribution is -2.09. The van der Waals surface area contributed by atoms with Crippen LogP contribution in [0.15, 0.2) is 73.8 Å². The molecule has 0 unspecified atom stereocenters. The number of esters is 1. The number of carbonyl (C=O) groups excluding carboxylic acids is 2. The lowest BCUT2D eigenvalue weighted by Gasteiger charge is -2.09. The summed E-state index contributed by atoms with van der Waals surface area (Å²) in [6.07, 6.45) is 1.05. The van der Waals surface area contributed by atoms with E-state index < -0.39 is 5.97 Å². The van der Waals surface area contributed by atoms with Crippen molar-refractivity contribution in [1.82, 2.24) is 0 Å². The number of ketones is 1. The summed E-state index contributed by atoms with van der Waals surface area (Å²) >= 11 is 0. The van der Waals surface area contributed by atoms with E-state index in [0.717, 1.165) is 11.6 Å². The normalized spacial score (nSPS) is 9.71. The predicted octanol–water partition coefficient (Wildman–Crippen LogP) is 3.67. The average molecular weight is 278 g/mol. The molecule has 21 heavy (non-hydrogen) atoms. The van der Waals surface area contributed by atoms with Gasteiger partial charge in [0.05, 0.1) is 5.56 Å². The van der Waals surface area contributed by atoms with Gasteiger partial charge in [0, 0.05) is 11.6 Å². The second-order valence-electron chi connectivity index (χ2n) is 4.30. The molecule has 3 heteroatoms. The number of carbonyl (C=O) groups is 2. The van der Waals surface area contributed by atoms with Crippen LogP contribution in [-0.4, -0.2) is 11.8 Å². The van der Waals surface area contributed by atoms with E-state index in [1.807, 2.05) is 18.2 Å². The molecule has 2 rings (SSSR count). The predicted molar refractivity (Wildman–Crippen MR) is 82.1 cm³/mol. The van der Waals surface area contributed by atoms with E-state index in [1.165, 1.54) is 0 Å². The zero-order chi connectivity index (χ0) is 15.2. The summed E-state index contributed by atoms with van der Waals surface area (Å²) < 4.78 is 5.08. The Kier molecular flexibility index (Phi) is 4.46. The first-order chi connectivity index (χ1) is 10.1. The van der Waals surface area contributed by atoms with Crippen LogP contribution in [0.25, 0.3) is 5.57 Å². The van der Waals surface area contributed by atoms with Gasteiger partial charge in [-0.1, -0.05) is 55.6 Å². The molecule has 0 saturated carbocycles. The van der Waals surface area contributed by atoms with Crippen molar-refractivity contribution in [3.8, 4) is 5.75 Å². The van der Waals surface area contributed by atoms with Crippen LogP contribution in [0.2, 0.25) is 0 Å². The molecule has 2 aromatic rings. The Balaban J connectivity index is 2.33. The summed E-state index contributed by atoms with van der Waals surface area (Å²) in [5.41, 5.74) is 1.37. The van der Waals surface area contributed by atoms with Crippen LogP contribution < -0.4 is 4.74 Å². The molecule has 0 aliphatic rings. The maximum Gasteiger partial charge on any atom is 0.335 e. The van der Waals surface area contributed by atoms with Gasteiger partial charge in [0.1, 0.15) is 5.75 Å². The highest BCUT2D eigenvalue weighted by molar-refractivity contribution is 6.29. The molecule has 0 atom stereocenters. The average Bonchev–Trinajstić information content (AvgIpc) is 2.54. The van der Waals surface area contributed by atoms with E-state index in [-0.39, 0.29) is 11.5 Å². The molecule has 0 aromatic heterocycles. The standard InChI is InChI=1S/C18H14O3/c1-3-17(19)21-16-12-8-7-11-15(16)18(20)13(2)14-9-5-4-6-10-14/h3-12H,1-2H2. The van der Waals surface area contributed by atoms with Crippen molar-refractivity contribution in [3.05, 3.63) is 85.0 Å². The fourth-order valence-corrected chi connectivity index (χ4v) is 1.83. The molecule has 0 aliphatic carbocycles. The highest BCUT2D eigenvalue weighted by Crippen LogP contribution is 2.25.